The number of rotatable bonds is 0. The molecule has 54 valence electrons. The first-order valence-electron chi connectivity index (χ1n) is 3.37. The SMILES string of the molecule is C1=CC=C2NC=CN=C2N=C1. The highest BCUT2D eigenvalue weighted by molar-refractivity contribution is 6.05. The van der Waals surface area contributed by atoms with Gasteiger partial charge in [0.1, 0.15) is 0 Å². The number of allylic oxidation sites excluding steroid dienone is 3. The van der Waals surface area contributed by atoms with Crippen molar-refractivity contribution in [2.45, 2.75) is 0 Å². The summed E-state index contributed by atoms with van der Waals surface area (Å²) in [6.07, 6.45) is 10.9. The maximum atomic E-state index is 4.10. The number of aliphatic imine (C=N–C) groups is 2. The van der Waals surface area contributed by atoms with Crippen LogP contribution in [-0.4, -0.2) is 12.1 Å². The molecule has 0 unspecified atom stereocenters. The Hall–Kier alpha value is -1.64. The lowest BCUT2D eigenvalue weighted by atomic mass is 10.3. The van der Waals surface area contributed by atoms with Crippen LogP contribution in [0.1, 0.15) is 0 Å². The van der Waals surface area contributed by atoms with Crippen LogP contribution in [0.3, 0.4) is 0 Å². The van der Waals surface area contributed by atoms with Gasteiger partial charge in [-0.25, -0.2) is 9.98 Å². The van der Waals surface area contributed by atoms with Crippen LogP contribution < -0.4 is 5.32 Å². The van der Waals surface area contributed by atoms with Gasteiger partial charge in [0.15, 0.2) is 5.84 Å². The molecule has 0 fully saturated rings. The second-order valence-corrected chi connectivity index (χ2v) is 2.16. The van der Waals surface area contributed by atoms with Gasteiger partial charge in [-0.15, -0.1) is 0 Å². The molecular weight excluding hydrogens is 138 g/mol. The summed E-state index contributed by atoms with van der Waals surface area (Å²) >= 11 is 0. The molecule has 0 spiro atoms. The van der Waals surface area contributed by atoms with Gasteiger partial charge in [-0.05, 0) is 12.2 Å². The molecule has 2 aliphatic rings. The van der Waals surface area contributed by atoms with Crippen molar-refractivity contribution in [3.63, 3.8) is 0 Å². The van der Waals surface area contributed by atoms with Crippen LogP contribution in [0.2, 0.25) is 0 Å². The number of fused-ring (bicyclic) bond motifs is 1. The van der Waals surface area contributed by atoms with E-state index in [4.69, 9.17) is 0 Å². The van der Waals surface area contributed by atoms with E-state index >= 15 is 0 Å². The second kappa shape index (κ2) is 2.54. The number of hydrogen-bond acceptors (Lipinski definition) is 3. The van der Waals surface area contributed by atoms with Gasteiger partial charge in [0.05, 0.1) is 5.70 Å². The smallest absolute Gasteiger partial charge is 0.175 e. The molecular formula is C8H7N3. The first-order chi connectivity index (χ1) is 5.47. The van der Waals surface area contributed by atoms with Crippen molar-refractivity contribution in [3.05, 3.63) is 36.3 Å². The molecule has 0 saturated carbocycles. The summed E-state index contributed by atoms with van der Waals surface area (Å²) in [7, 11) is 0. The Morgan fingerprint density at radius 2 is 2.27 bits per heavy atom. The van der Waals surface area contributed by atoms with E-state index < -0.39 is 0 Å². The van der Waals surface area contributed by atoms with Gasteiger partial charge in [-0.3, -0.25) is 0 Å². The lowest BCUT2D eigenvalue weighted by molar-refractivity contribution is 1.09. The third-order valence-electron chi connectivity index (χ3n) is 1.41. The van der Waals surface area contributed by atoms with Gasteiger partial charge in [-0.1, -0.05) is 6.08 Å². The minimum Gasteiger partial charge on any atom is -0.357 e. The monoisotopic (exact) mass is 145 g/mol. The van der Waals surface area contributed by atoms with E-state index in [0.717, 1.165) is 11.5 Å². The summed E-state index contributed by atoms with van der Waals surface area (Å²) in [5.41, 5.74) is 0.942. The van der Waals surface area contributed by atoms with Crippen LogP contribution >= 0.6 is 0 Å². The summed E-state index contributed by atoms with van der Waals surface area (Å²) in [5.74, 6) is 0.734. The van der Waals surface area contributed by atoms with Crippen LogP contribution in [0.5, 0.6) is 0 Å². The Balaban J connectivity index is 2.44. The van der Waals surface area contributed by atoms with Crippen molar-refractivity contribution in [3.8, 4) is 0 Å². The number of hydrogen-bond donors (Lipinski definition) is 1. The molecule has 0 aromatic heterocycles. The van der Waals surface area contributed by atoms with Crippen molar-refractivity contribution in [1.29, 1.82) is 0 Å². The molecule has 0 aliphatic carbocycles. The maximum Gasteiger partial charge on any atom is 0.175 e. The van der Waals surface area contributed by atoms with E-state index in [1.54, 1.807) is 18.6 Å². The Bertz CT molecular complexity index is 305. The molecule has 0 atom stereocenters. The van der Waals surface area contributed by atoms with Crippen LogP contribution in [0.15, 0.2) is 46.3 Å². The van der Waals surface area contributed by atoms with Gasteiger partial charge in [0.2, 0.25) is 0 Å². The van der Waals surface area contributed by atoms with Gasteiger partial charge < -0.3 is 5.32 Å². The van der Waals surface area contributed by atoms with E-state index in [1.165, 1.54) is 0 Å². The Morgan fingerprint density at radius 1 is 1.27 bits per heavy atom. The molecule has 0 radical (unpaired) electrons. The molecule has 11 heavy (non-hydrogen) atoms. The molecule has 0 amide bonds. The van der Waals surface area contributed by atoms with Crippen LogP contribution in [-0.2, 0) is 0 Å². The summed E-state index contributed by atoms with van der Waals surface area (Å²) in [4.78, 5) is 8.18. The second-order valence-electron chi connectivity index (χ2n) is 2.16. The topological polar surface area (TPSA) is 36.8 Å². The van der Waals surface area contributed by atoms with Crippen LogP contribution in [0, 0.1) is 0 Å². The molecule has 3 nitrogen and oxygen atoms in total. The van der Waals surface area contributed by atoms with Crippen molar-refractivity contribution in [2.24, 2.45) is 9.98 Å². The fraction of sp³-hybridized carbons (Fsp3) is 0. The third kappa shape index (κ3) is 1.12. The first-order valence-corrected chi connectivity index (χ1v) is 3.37. The zero-order valence-electron chi connectivity index (χ0n) is 5.86. The van der Waals surface area contributed by atoms with Crippen molar-refractivity contribution in [2.75, 3.05) is 0 Å². The van der Waals surface area contributed by atoms with Crippen molar-refractivity contribution >= 4 is 12.1 Å². The number of amidine groups is 1. The number of nitrogens with one attached hydrogen (secondary N) is 1. The molecule has 2 heterocycles. The van der Waals surface area contributed by atoms with Crippen LogP contribution in [0.25, 0.3) is 0 Å². The molecule has 0 bridgehead atoms. The van der Waals surface area contributed by atoms with E-state index in [0.29, 0.717) is 0 Å². The molecule has 1 N–H and O–H groups in total. The van der Waals surface area contributed by atoms with Gasteiger partial charge >= 0.3 is 0 Å². The minimum absolute atomic E-state index is 0.734. The molecule has 2 rings (SSSR count). The predicted molar refractivity (Wildman–Crippen MR) is 45.4 cm³/mol. The zero-order valence-corrected chi connectivity index (χ0v) is 5.86. The number of nitrogens with zero attached hydrogens (tertiary/aromatic N) is 2. The van der Waals surface area contributed by atoms with Gasteiger partial charge in [-0.2, -0.15) is 0 Å². The highest BCUT2D eigenvalue weighted by atomic mass is 15.0. The van der Waals surface area contributed by atoms with Crippen LogP contribution in [0.4, 0.5) is 0 Å². The summed E-state index contributed by atoms with van der Waals surface area (Å²) < 4.78 is 0. The van der Waals surface area contributed by atoms with Crippen molar-refractivity contribution < 1.29 is 0 Å². The average molecular weight is 145 g/mol. The van der Waals surface area contributed by atoms with E-state index in [2.05, 4.69) is 15.3 Å². The lowest BCUT2D eigenvalue weighted by Crippen LogP contribution is -2.15. The van der Waals surface area contributed by atoms with Gasteiger partial charge in [0.25, 0.3) is 0 Å². The minimum atomic E-state index is 0.734. The fourth-order valence-electron chi connectivity index (χ4n) is 0.910. The lowest BCUT2D eigenvalue weighted by Gasteiger charge is -2.07. The van der Waals surface area contributed by atoms with E-state index in [1.807, 2.05) is 18.2 Å². The fourth-order valence-corrected chi connectivity index (χ4v) is 0.910. The predicted octanol–water partition coefficient (Wildman–Crippen LogP) is 0.984. The molecule has 0 aromatic carbocycles. The highest BCUT2D eigenvalue weighted by Crippen LogP contribution is 2.04. The molecule has 3 heteroatoms. The Labute approximate surface area is 64.6 Å². The zero-order chi connectivity index (χ0) is 7.52. The molecule has 0 aromatic rings. The van der Waals surface area contributed by atoms with Gasteiger partial charge in [0, 0.05) is 18.6 Å². The highest BCUT2D eigenvalue weighted by Gasteiger charge is 2.05. The summed E-state index contributed by atoms with van der Waals surface area (Å²) in [6.45, 7) is 0. The quantitative estimate of drug-likeness (QED) is 0.542. The van der Waals surface area contributed by atoms with Crippen molar-refractivity contribution in [1.82, 2.24) is 5.32 Å². The normalized spacial score (nSPS) is 19.6. The maximum absolute atomic E-state index is 4.10. The molecule has 2 aliphatic heterocycles. The Morgan fingerprint density at radius 3 is 3.27 bits per heavy atom. The third-order valence-corrected chi connectivity index (χ3v) is 1.41. The summed E-state index contributed by atoms with van der Waals surface area (Å²) in [6, 6.07) is 0. The molecule has 0 saturated heterocycles. The first kappa shape index (κ1) is 6.09. The standard InChI is InChI=1S/C8H7N3/c1-2-4-10-8-7(3-1)9-5-6-11-8/h1-6,9H. The van der Waals surface area contributed by atoms with E-state index in [-0.39, 0.29) is 0 Å². The average Bonchev–Trinajstić information content (AvgIpc) is 2.28. The van der Waals surface area contributed by atoms with E-state index in [9.17, 15) is 0 Å². The summed E-state index contributed by atoms with van der Waals surface area (Å²) in [5, 5.41) is 3.05. The Kier molecular flexibility index (Phi) is 1.41. The largest absolute Gasteiger partial charge is 0.357 e.